The highest BCUT2D eigenvalue weighted by molar-refractivity contribution is 6.09. The van der Waals surface area contributed by atoms with Gasteiger partial charge in [-0.25, -0.2) is 0 Å². The second-order valence-electron chi connectivity index (χ2n) is 22.5. The molecular weight excluding hydrogens is 879 g/mol. The summed E-state index contributed by atoms with van der Waals surface area (Å²) in [7, 11) is 0. The molecule has 0 heterocycles. The molecule has 0 amide bonds. The summed E-state index contributed by atoms with van der Waals surface area (Å²) in [6.45, 7) is 16.4. The van der Waals surface area contributed by atoms with E-state index in [9.17, 15) is 0 Å². The van der Waals surface area contributed by atoms with E-state index in [2.05, 4.69) is 284 Å². The predicted molar refractivity (Wildman–Crippen MR) is 312 cm³/mol. The fourth-order valence-corrected chi connectivity index (χ4v) is 12.5. The molecule has 2 aliphatic rings. The molecule has 0 bridgehead atoms. The van der Waals surface area contributed by atoms with Gasteiger partial charge in [0, 0.05) is 27.6 Å². The first kappa shape index (κ1) is 44.7. The minimum Gasteiger partial charge on any atom is -0.309 e. The maximum Gasteiger partial charge on any atom is 0.0546 e. The quantitative estimate of drug-likeness (QED) is 0.154. The molecule has 0 saturated carbocycles. The van der Waals surface area contributed by atoms with Crippen LogP contribution in [0, 0.1) is 0 Å². The Bertz CT molecular complexity index is 3970. The van der Waals surface area contributed by atoms with E-state index in [1.54, 1.807) is 0 Å². The van der Waals surface area contributed by atoms with Crippen LogP contribution >= 0.6 is 0 Å². The largest absolute Gasteiger partial charge is 0.309 e. The van der Waals surface area contributed by atoms with Crippen molar-refractivity contribution in [2.75, 3.05) is 4.90 Å². The zero-order chi connectivity index (χ0) is 49.8. The van der Waals surface area contributed by atoms with Gasteiger partial charge in [0.1, 0.15) is 0 Å². The van der Waals surface area contributed by atoms with Crippen molar-refractivity contribution in [3.05, 3.63) is 258 Å². The normalized spacial score (nSPS) is 13.9. The zero-order valence-electron chi connectivity index (χ0n) is 42.9. The van der Waals surface area contributed by atoms with Gasteiger partial charge in [0.05, 0.1) is 11.4 Å². The van der Waals surface area contributed by atoms with Gasteiger partial charge in [-0.15, -0.1) is 0 Å². The van der Waals surface area contributed by atoms with E-state index >= 15 is 0 Å². The van der Waals surface area contributed by atoms with Gasteiger partial charge >= 0.3 is 0 Å². The van der Waals surface area contributed by atoms with Crippen molar-refractivity contribution in [3.63, 3.8) is 0 Å². The van der Waals surface area contributed by atoms with Gasteiger partial charge in [-0.05, 0) is 153 Å². The van der Waals surface area contributed by atoms with Crippen molar-refractivity contribution in [3.8, 4) is 66.8 Å². The van der Waals surface area contributed by atoms with Gasteiger partial charge in [-0.2, -0.15) is 0 Å². The molecule has 1 nitrogen and oxygen atoms in total. The number of nitrogens with zero attached hydrogens (tertiary/aromatic N) is 1. The van der Waals surface area contributed by atoms with Gasteiger partial charge < -0.3 is 4.90 Å². The summed E-state index contributed by atoms with van der Waals surface area (Å²) in [6.07, 6.45) is 0. The van der Waals surface area contributed by atoms with Crippen LogP contribution < -0.4 is 4.90 Å². The Hall–Kier alpha value is -8.26. The van der Waals surface area contributed by atoms with Gasteiger partial charge in [0.15, 0.2) is 0 Å². The van der Waals surface area contributed by atoms with Crippen LogP contribution in [-0.4, -0.2) is 0 Å². The number of benzene rings is 11. The number of hydrogen-bond donors (Lipinski definition) is 0. The highest BCUT2D eigenvalue weighted by Crippen LogP contribution is 2.57. The maximum absolute atomic E-state index is 2.58. The fourth-order valence-electron chi connectivity index (χ4n) is 12.5. The first-order valence-electron chi connectivity index (χ1n) is 26.0. The van der Waals surface area contributed by atoms with E-state index in [1.807, 2.05) is 0 Å². The standard InChI is InChI=1S/C72H59N/c1-70(2,3)54-36-32-47(33-37-54)46-28-30-48(31-29-46)53-35-40-66(60(42-53)49-18-9-8-10-19-49)73(55-38-39-64-62(45-55)61-43-51-21-11-12-22-52(51)44-65(61)71(64,4)5)67-41-34-50-20-13-14-23-56(50)68(67)59-26-17-25-58-57-24-15-16-27-63(57)72(6,7)69(58)59/h8-45H,1-7H3. The third kappa shape index (κ3) is 7.20. The van der Waals surface area contributed by atoms with E-state index in [4.69, 9.17) is 0 Å². The lowest BCUT2D eigenvalue weighted by Gasteiger charge is -2.33. The van der Waals surface area contributed by atoms with Gasteiger partial charge in [0.2, 0.25) is 0 Å². The minimum atomic E-state index is -0.227. The van der Waals surface area contributed by atoms with E-state index < -0.39 is 0 Å². The molecule has 0 saturated heterocycles. The van der Waals surface area contributed by atoms with E-state index in [1.165, 1.54) is 111 Å². The zero-order valence-corrected chi connectivity index (χ0v) is 42.9. The third-order valence-corrected chi connectivity index (χ3v) is 16.4. The Kier molecular flexibility index (Phi) is 10.2. The molecule has 0 aliphatic heterocycles. The molecule has 11 aromatic rings. The van der Waals surface area contributed by atoms with Crippen LogP contribution in [0.1, 0.15) is 76.3 Å². The monoisotopic (exact) mass is 937 g/mol. The summed E-state index contributed by atoms with van der Waals surface area (Å²) in [5.41, 5.74) is 24.8. The molecular formula is C72H59N. The molecule has 11 aromatic carbocycles. The molecule has 0 fully saturated rings. The summed E-state index contributed by atoms with van der Waals surface area (Å²) in [5.74, 6) is 0. The van der Waals surface area contributed by atoms with Crippen LogP contribution in [0.3, 0.4) is 0 Å². The average Bonchev–Trinajstić information content (AvgIpc) is 3.79. The number of rotatable bonds is 7. The smallest absolute Gasteiger partial charge is 0.0546 e. The van der Waals surface area contributed by atoms with Crippen LogP contribution in [0.4, 0.5) is 17.1 Å². The molecule has 0 N–H and O–H groups in total. The second kappa shape index (κ2) is 16.7. The van der Waals surface area contributed by atoms with Crippen LogP contribution in [0.2, 0.25) is 0 Å². The van der Waals surface area contributed by atoms with Crippen LogP contribution in [0.15, 0.2) is 231 Å². The molecule has 13 rings (SSSR count). The molecule has 0 aromatic heterocycles. The lowest BCUT2D eigenvalue weighted by molar-refractivity contribution is 0.590. The van der Waals surface area contributed by atoms with Gasteiger partial charge in [-0.1, -0.05) is 237 Å². The molecule has 0 unspecified atom stereocenters. The minimum absolute atomic E-state index is 0.111. The van der Waals surface area contributed by atoms with Crippen molar-refractivity contribution in [1.29, 1.82) is 0 Å². The summed E-state index contributed by atoms with van der Waals surface area (Å²) in [4.78, 5) is 2.58. The van der Waals surface area contributed by atoms with Gasteiger partial charge in [0.25, 0.3) is 0 Å². The van der Waals surface area contributed by atoms with Crippen molar-refractivity contribution in [2.45, 2.75) is 64.7 Å². The topological polar surface area (TPSA) is 3.24 Å². The lowest BCUT2D eigenvalue weighted by Crippen LogP contribution is -2.18. The molecule has 2 aliphatic carbocycles. The van der Waals surface area contributed by atoms with E-state index in [0.29, 0.717) is 0 Å². The van der Waals surface area contributed by atoms with Crippen LogP contribution in [-0.2, 0) is 16.2 Å². The van der Waals surface area contributed by atoms with E-state index in [0.717, 1.165) is 22.6 Å². The third-order valence-electron chi connectivity index (χ3n) is 16.4. The first-order valence-corrected chi connectivity index (χ1v) is 26.0. The Morgan fingerprint density at radius 1 is 0.329 bits per heavy atom. The Morgan fingerprint density at radius 2 is 0.890 bits per heavy atom. The summed E-state index contributed by atoms with van der Waals surface area (Å²) in [5, 5.41) is 4.99. The summed E-state index contributed by atoms with van der Waals surface area (Å²) in [6, 6.07) is 87.0. The number of fused-ring (bicyclic) bond motifs is 8. The predicted octanol–water partition coefficient (Wildman–Crippen LogP) is 20.0. The highest BCUT2D eigenvalue weighted by Gasteiger charge is 2.40. The molecule has 1 heteroatoms. The molecule has 0 spiro atoms. The second-order valence-corrected chi connectivity index (χ2v) is 22.5. The summed E-state index contributed by atoms with van der Waals surface area (Å²) < 4.78 is 0. The SMILES string of the molecule is CC(C)(C)c1ccc(-c2ccc(-c3ccc(N(c4ccc5c(c4)-c4cc6ccccc6cc4C5(C)C)c4ccc5ccccc5c4-c4cccc5c4C(C)(C)c4ccccc4-5)c(-c4ccccc4)c3)cc2)cc1. The molecule has 0 atom stereocenters. The molecule has 352 valence electrons. The Labute approximate surface area is 431 Å². The first-order chi connectivity index (χ1) is 35.3. The van der Waals surface area contributed by atoms with Crippen LogP contribution in [0.25, 0.3) is 88.3 Å². The molecule has 0 radical (unpaired) electrons. The maximum atomic E-state index is 2.58. The number of anilines is 3. The number of hydrogen-bond acceptors (Lipinski definition) is 1. The molecule has 73 heavy (non-hydrogen) atoms. The van der Waals surface area contributed by atoms with Crippen LogP contribution in [0.5, 0.6) is 0 Å². The highest BCUT2D eigenvalue weighted by atomic mass is 15.1. The van der Waals surface area contributed by atoms with E-state index in [-0.39, 0.29) is 16.2 Å². The van der Waals surface area contributed by atoms with Gasteiger partial charge in [-0.3, -0.25) is 0 Å². The van der Waals surface area contributed by atoms with Crippen molar-refractivity contribution >= 4 is 38.6 Å². The van der Waals surface area contributed by atoms with Crippen molar-refractivity contribution in [1.82, 2.24) is 0 Å². The Morgan fingerprint density at radius 3 is 1.63 bits per heavy atom. The summed E-state index contributed by atoms with van der Waals surface area (Å²) >= 11 is 0. The van der Waals surface area contributed by atoms with Crippen molar-refractivity contribution in [2.24, 2.45) is 0 Å². The van der Waals surface area contributed by atoms with Crippen molar-refractivity contribution < 1.29 is 0 Å². The Balaban J connectivity index is 1.06. The average molecular weight is 938 g/mol. The lowest BCUT2D eigenvalue weighted by atomic mass is 9.78. The fraction of sp³-hybridized carbons (Fsp3) is 0.139.